The molecule has 2 aromatic carbocycles. The third-order valence-corrected chi connectivity index (χ3v) is 5.08. The first-order valence-electron chi connectivity index (χ1n) is 7.28. The Morgan fingerprint density at radius 2 is 1.83 bits per heavy atom. The predicted molar refractivity (Wildman–Crippen MR) is 99.5 cm³/mol. The molecular formula is C18H14Cl3NO2. The molecule has 24 heavy (non-hydrogen) atoms. The summed E-state index contributed by atoms with van der Waals surface area (Å²) in [6, 6.07) is 6.93. The van der Waals surface area contributed by atoms with Crippen LogP contribution in [0.4, 0.5) is 5.69 Å². The lowest BCUT2D eigenvalue weighted by Crippen LogP contribution is -2.15. The lowest BCUT2D eigenvalue weighted by Gasteiger charge is -2.09. The Morgan fingerprint density at radius 3 is 2.50 bits per heavy atom. The van der Waals surface area contributed by atoms with Crippen LogP contribution in [0.5, 0.6) is 0 Å². The number of furan rings is 1. The van der Waals surface area contributed by atoms with E-state index in [0.29, 0.717) is 26.3 Å². The summed E-state index contributed by atoms with van der Waals surface area (Å²) in [7, 11) is 0. The largest absolute Gasteiger partial charge is 0.464 e. The number of nitrogens with one attached hydrogen (secondary N) is 1. The van der Waals surface area contributed by atoms with E-state index in [1.165, 1.54) is 0 Å². The van der Waals surface area contributed by atoms with Crippen LogP contribution in [0, 0.1) is 13.8 Å². The van der Waals surface area contributed by atoms with Crippen molar-refractivity contribution in [3.63, 3.8) is 0 Å². The van der Waals surface area contributed by atoms with Gasteiger partial charge in [-0.15, -0.1) is 0 Å². The number of hydrogen-bond donors (Lipinski definition) is 1. The Labute approximate surface area is 154 Å². The molecule has 0 unspecified atom stereocenters. The molecule has 1 amide bonds. The number of hydrogen-bond acceptors (Lipinski definition) is 2. The normalized spacial score (nSPS) is 11.0. The number of rotatable bonds is 3. The molecule has 0 radical (unpaired) electrons. The fraction of sp³-hybridized carbons (Fsp3) is 0.167. The van der Waals surface area contributed by atoms with Crippen LogP contribution in [0.3, 0.4) is 0 Å². The van der Waals surface area contributed by atoms with E-state index in [1.807, 2.05) is 19.9 Å². The first-order valence-corrected chi connectivity index (χ1v) is 8.41. The van der Waals surface area contributed by atoms with E-state index < -0.39 is 0 Å². The van der Waals surface area contributed by atoms with Crippen LogP contribution in [0.15, 0.2) is 34.9 Å². The summed E-state index contributed by atoms with van der Waals surface area (Å²) in [5.41, 5.74) is 3.73. The Kier molecular flexibility index (Phi) is 4.77. The van der Waals surface area contributed by atoms with Crippen molar-refractivity contribution in [3.8, 4) is 0 Å². The van der Waals surface area contributed by atoms with E-state index in [1.54, 1.807) is 24.5 Å². The summed E-state index contributed by atoms with van der Waals surface area (Å²) in [6.45, 7) is 3.84. The molecule has 0 saturated carbocycles. The van der Waals surface area contributed by atoms with Crippen molar-refractivity contribution >= 4 is 57.4 Å². The molecule has 0 aliphatic rings. The molecule has 3 rings (SSSR count). The molecule has 3 aromatic rings. The van der Waals surface area contributed by atoms with Crippen LogP contribution in [-0.2, 0) is 11.2 Å². The van der Waals surface area contributed by atoms with Crippen molar-refractivity contribution in [2.75, 3.05) is 5.32 Å². The standard InChI is InChI=1S/C18H14Cl3NO2/c1-9-6-14-16(10(2)17(9)21)11(8-24-14)7-15(23)22-18-12(19)4-3-5-13(18)20/h3-6,8H,7H2,1-2H3,(H,22,23). The molecule has 1 aromatic heterocycles. The van der Waals surface area contributed by atoms with Gasteiger partial charge < -0.3 is 9.73 Å². The summed E-state index contributed by atoms with van der Waals surface area (Å²) < 4.78 is 5.57. The van der Waals surface area contributed by atoms with Gasteiger partial charge in [0.25, 0.3) is 0 Å². The molecule has 1 N–H and O–H groups in total. The Bertz CT molecular complexity index is 927. The van der Waals surface area contributed by atoms with E-state index >= 15 is 0 Å². The summed E-state index contributed by atoms with van der Waals surface area (Å²) in [4.78, 5) is 12.4. The van der Waals surface area contributed by atoms with Crippen molar-refractivity contribution in [1.29, 1.82) is 0 Å². The SMILES string of the molecule is Cc1cc2occ(CC(=O)Nc3c(Cl)cccc3Cl)c2c(C)c1Cl. The highest BCUT2D eigenvalue weighted by atomic mass is 35.5. The second-order valence-corrected chi connectivity index (χ2v) is 6.78. The zero-order valence-corrected chi connectivity index (χ0v) is 15.3. The number of halogens is 3. The van der Waals surface area contributed by atoms with Gasteiger partial charge in [-0.25, -0.2) is 0 Å². The van der Waals surface area contributed by atoms with Gasteiger partial charge >= 0.3 is 0 Å². The lowest BCUT2D eigenvalue weighted by atomic mass is 10.0. The highest BCUT2D eigenvalue weighted by molar-refractivity contribution is 6.39. The molecule has 0 bridgehead atoms. The number of carbonyl (C=O) groups is 1. The second-order valence-electron chi connectivity index (χ2n) is 5.59. The summed E-state index contributed by atoms with van der Waals surface area (Å²) in [6.07, 6.45) is 1.72. The first kappa shape index (κ1) is 17.2. The molecule has 3 nitrogen and oxygen atoms in total. The minimum atomic E-state index is -0.233. The highest BCUT2D eigenvalue weighted by Gasteiger charge is 2.17. The maximum atomic E-state index is 12.4. The van der Waals surface area contributed by atoms with Crippen LogP contribution in [0.1, 0.15) is 16.7 Å². The summed E-state index contributed by atoms with van der Waals surface area (Å²) >= 11 is 18.5. The number of para-hydroxylation sites is 1. The van der Waals surface area contributed by atoms with Crippen LogP contribution in [0.2, 0.25) is 15.1 Å². The predicted octanol–water partition coefficient (Wildman–Crippen LogP) is 6.19. The van der Waals surface area contributed by atoms with Gasteiger partial charge in [-0.05, 0) is 43.2 Å². The molecule has 124 valence electrons. The molecular weight excluding hydrogens is 369 g/mol. The first-order chi connectivity index (χ1) is 11.4. The van der Waals surface area contributed by atoms with E-state index in [0.717, 1.165) is 22.1 Å². The van der Waals surface area contributed by atoms with Crippen molar-refractivity contribution in [3.05, 3.63) is 62.3 Å². The van der Waals surface area contributed by atoms with Gasteiger partial charge in [-0.2, -0.15) is 0 Å². The van der Waals surface area contributed by atoms with E-state index in [9.17, 15) is 4.79 Å². The Hall–Kier alpha value is -1.68. The Balaban J connectivity index is 1.90. The molecule has 0 aliphatic carbocycles. The number of amides is 1. The number of anilines is 1. The fourth-order valence-corrected chi connectivity index (χ4v) is 3.35. The third-order valence-electron chi connectivity index (χ3n) is 3.87. The molecule has 0 spiro atoms. The van der Waals surface area contributed by atoms with E-state index in [-0.39, 0.29) is 12.3 Å². The van der Waals surface area contributed by atoms with Gasteiger partial charge in [0.05, 0.1) is 28.4 Å². The summed E-state index contributed by atoms with van der Waals surface area (Å²) in [5.74, 6) is -0.233. The minimum Gasteiger partial charge on any atom is -0.464 e. The average molecular weight is 383 g/mol. The molecule has 1 heterocycles. The molecule has 6 heteroatoms. The van der Waals surface area contributed by atoms with Crippen LogP contribution >= 0.6 is 34.8 Å². The monoisotopic (exact) mass is 381 g/mol. The third kappa shape index (κ3) is 3.12. The van der Waals surface area contributed by atoms with E-state index in [2.05, 4.69) is 5.32 Å². The van der Waals surface area contributed by atoms with Gasteiger partial charge in [0.1, 0.15) is 5.58 Å². The van der Waals surface area contributed by atoms with Crippen LogP contribution in [0.25, 0.3) is 11.0 Å². The number of carbonyl (C=O) groups excluding carboxylic acids is 1. The maximum Gasteiger partial charge on any atom is 0.229 e. The molecule has 0 saturated heterocycles. The van der Waals surface area contributed by atoms with Gasteiger partial charge in [0.2, 0.25) is 5.91 Å². The maximum absolute atomic E-state index is 12.4. The summed E-state index contributed by atoms with van der Waals surface area (Å²) in [5, 5.41) is 5.08. The quantitative estimate of drug-likeness (QED) is 0.586. The smallest absolute Gasteiger partial charge is 0.229 e. The van der Waals surface area contributed by atoms with Crippen molar-refractivity contribution in [1.82, 2.24) is 0 Å². The Morgan fingerprint density at radius 1 is 1.17 bits per heavy atom. The van der Waals surface area contributed by atoms with Crippen molar-refractivity contribution in [2.45, 2.75) is 20.3 Å². The number of benzene rings is 2. The van der Waals surface area contributed by atoms with Crippen molar-refractivity contribution < 1.29 is 9.21 Å². The second kappa shape index (κ2) is 6.67. The zero-order valence-electron chi connectivity index (χ0n) is 13.0. The molecule has 0 fully saturated rings. The minimum absolute atomic E-state index is 0.134. The van der Waals surface area contributed by atoms with Crippen molar-refractivity contribution in [2.24, 2.45) is 0 Å². The molecule has 0 aliphatic heterocycles. The van der Waals surface area contributed by atoms with Crippen LogP contribution in [-0.4, -0.2) is 5.91 Å². The fourth-order valence-electron chi connectivity index (χ4n) is 2.71. The number of aryl methyl sites for hydroxylation is 2. The lowest BCUT2D eigenvalue weighted by molar-refractivity contribution is -0.115. The number of fused-ring (bicyclic) bond motifs is 1. The van der Waals surface area contributed by atoms with Gasteiger partial charge in [-0.1, -0.05) is 40.9 Å². The van der Waals surface area contributed by atoms with Gasteiger partial charge in [0, 0.05) is 16.0 Å². The zero-order chi connectivity index (χ0) is 17.4. The highest BCUT2D eigenvalue weighted by Crippen LogP contribution is 2.33. The van der Waals surface area contributed by atoms with Crippen LogP contribution < -0.4 is 5.32 Å². The average Bonchev–Trinajstić information content (AvgIpc) is 2.91. The topological polar surface area (TPSA) is 42.2 Å². The van der Waals surface area contributed by atoms with E-state index in [4.69, 9.17) is 39.2 Å². The van der Waals surface area contributed by atoms with Gasteiger partial charge in [0.15, 0.2) is 0 Å². The van der Waals surface area contributed by atoms with Gasteiger partial charge in [-0.3, -0.25) is 4.79 Å². The molecule has 0 atom stereocenters.